The topological polar surface area (TPSA) is 78.3 Å². The zero-order valence-electron chi connectivity index (χ0n) is 16.4. The molecule has 0 unspecified atom stereocenters. The number of halogens is 1. The second kappa shape index (κ2) is 9.41. The molecule has 0 spiro atoms. The Balaban J connectivity index is 1.92. The molecule has 0 bridgehead atoms. The first-order chi connectivity index (χ1) is 13.9. The Morgan fingerprint density at radius 3 is 2.52 bits per heavy atom. The lowest BCUT2D eigenvalue weighted by molar-refractivity contribution is -0.143. The van der Waals surface area contributed by atoms with Crippen LogP contribution in [0.1, 0.15) is 37.2 Å². The minimum absolute atomic E-state index is 0.101. The van der Waals surface area contributed by atoms with Crippen LogP contribution in [0.4, 0.5) is 0 Å². The van der Waals surface area contributed by atoms with Crippen molar-refractivity contribution in [2.24, 2.45) is 0 Å². The van der Waals surface area contributed by atoms with E-state index >= 15 is 0 Å². The van der Waals surface area contributed by atoms with E-state index in [4.69, 9.17) is 16.3 Å². The average molecular weight is 435 g/mol. The van der Waals surface area contributed by atoms with E-state index in [0.717, 1.165) is 22.6 Å². The fourth-order valence-electron chi connectivity index (χ4n) is 3.17. The summed E-state index contributed by atoms with van der Waals surface area (Å²) in [4.78, 5) is 15.9. The van der Waals surface area contributed by atoms with E-state index in [2.05, 4.69) is 4.98 Å². The van der Waals surface area contributed by atoms with Crippen molar-refractivity contribution < 1.29 is 17.9 Å². The molecule has 154 valence electrons. The zero-order chi connectivity index (χ0) is 21.0. The molecule has 0 fully saturated rings. The molecule has 0 amide bonds. The summed E-state index contributed by atoms with van der Waals surface area (Å²) in [6.07, 6.45) is 1.74. The van der Waals surface area contributed by atoms with E-state index < -0.39 is 10.7 Å². The predicted octanol–water partition coefficient (Wildman–Crippen LogP) is 3.85. The average Bonchev–Trinajstić information content (AvgIpc) is 3.05. The lowest BCUT2D eigenvalue weighted by Crippen LogP contribution is -2.06. The van der Waals surface area contributed by atoms with Crippen molar-refractivity contribution >= 4 is 39.3 Å². The van der Waals surface area contributed by atoms with Crippen LogP contribution in [0, 0.1) is 0 Å². The summed E-state index contributed by atoms with van der Waals surface area (Å²) in [5.74, 6) is 0.566. The molecule has 8 heteroatoms. The van der Waals surface area contributed by atoms with Crippen molar-refractivity contribution in [1.29, 1.82) is 0 Å². The van der Waals surface area contributed by atoms with Gasteiger partial charge in [-0.2, -0.15) is 0 Å². The van der Waals surface area contributed by atoms with Gasteiger partial charge in [0.05, 0.1) is 23.4 Å². The molecule has 0 aliphatic heterocycles. The van der Waals surface area contributed by atoms with E-state index in [0.29, 0.717) is 42.0 Å². The number of aromatic nitrogens is 2. The highest BCUT2D eigenvalue weighted by Gasteiger charge is 2.14. The second-order valence-electron chi connectivity index (χ2n) is 6.63. The number of carbonyl (C=O) groups is 1. The molecule has 0 atom stereocenters. The monoisotopic (exact) mass is 434 g/mol. The number of fused-ring (bicyclic) bond motifs is 1. The highest BCUT2D eigenvalue weighted by Crippen LogP contribution is 2.28. The summed E-state index contributed by atoms with van der Waals surface area (Å²) in [6, 6.07) is 11.5. The number of rotatable bonds is 8. The zero-order valence-corrected chi connectivity index (χ0v) is 18.0. The van der Waals surface area contributed by atoms with Gasteiger partial charge >= 0.3 is 5.97 Å². The van der Waals surface area contributed by atoms with Crippen LogP contribution in [0.15, 0.2) is 36.4 Å². The van der Waals surface area contributed by atoms with Gasteiger partial charge in [0.15, 0.2) is 0 Å². The third kappa shape index (κ3) is 4.97. The summed E-state index contributed by atoms with van der Waals surface area (Å²) < 4.78 is 29.3. The van der Waals surface area contributed by atoms with E-state index in [1.165, 1.54) is 0 Å². The number of esters is 1. The van der Waals surface area contributed by atoms with Crippen molar-refractivity contribution in [2.45, 2.75) is 38.9 Å². The van der Waals surface area contributed by atoms with Crippen molar-refractivity contribution in [1.82, 2.24) is 9.55 Å². The molecule has 29 heavy (non-hydrogen) atoms. The molecule has 3 aromatic rings. The Hall–Kier alpha value is -2.38. The minimum atomic E-state index is -2.56. The standard InChI is InChI=1S/C21H23ClN2O4S/c1-3-20-23-18-11-15(13-29(26)27)17(22)12-19(18)24(20)16-7-5-14(6-8-16)9-10-28-21(25)4-2/h5-8,11-12,29H,3-4,9-10,13H2,1-2H3. The Morgan fingerprint density at radius 2 is 1.90 bits per heavy atom. The molecule has 6 nitrogen and oxygen atoms in total. The number of ether oxygens (including phenoxy) is 1. The van der Waals surface area contributed by atoms with Crippen LogP contribution in [0.25, 0.3) is 16.7 Å². The predicted molar refractivity (Wildman–Crippen MR) is 114 cm³/mol. The minimum Gasteiger partial charge on any atom is -0.465 e. The van der Waals surface area contributed by atoms with Gasteiger partial charge in [-0.3, -0.25) is 9.36 Å². The van der Waals surface area contributed by atoms with Gasteiger partial charge in [-0.1, -0.05) is 37.6 Å². The highest BCUT2D eigenvalue weighted by atomic mass is 35.5. The van der Waals surface area contributed by atoms with Crippen LogP contribution in [0.2, 0.25) is 5.02 Å². The molecule has 0 saturated heterocycles. The maximum absolute atomic E-state index is 11.2. The van der Waals surface area contributed by atoms with Gasteiger partial charge < -0.3 is 4.74 Å². The molecule has 0 N–H and O–H groups in total. The molecule has 1 aromatic heterocycles. The van der Waals surface area contributed by atoms with E-state index in [1.54, 1.807) is 19.1 Å². The van der Waals surface area contributed by atoms with Crippen LogP contribution in [-0.4, -0.2) is 30.5 Å². The van der Waals surface area contributed by atoms with E-state index in [1.807, 2.05) is 35.8 Å². The number of imidazole rings is 1. The molecule has 3 rings (SSSR count). The van der Waals surface area contributed by atoms with Crippen LogP contribution >= 0.6 is 11.6 Å². The molecule has 0 radical (unpaired) electrons. The summed E-state index contributed by atoms with van der Waals surface area (Å²) in [5, 5.41) is 0.412. The van der Waals surface area contributed by atoms with Gasteiger partial charge in [0.25, 0.3) is 0 Å². The Bertz CT molecular complexity index is 1100. The number of carbonyl (C=O) groups excluding carboxylic acids is 1. The van der Waals surface area contributed by atoms with Gasteiger partial charge in [0.1, 0.15) is 16.5 Å². The lowest BCUT2D eigenvalue weighted by Gasteiger charge is -2.10. The summed E-state index contributed by atoms with van der Waals surface area (Å²) in [6.45, 7) is 4.15. The van der Waals surface area contributed by atoms with Gasteiger partial charge in [-0.25, -0.2) is 13.4 Å². The summed E-state index contributed by atoms with van der Waals surface area (Å²) >= 11 is 6.33. The van der Waals surface area contributed by atoms with Crippen molar-refractivity contribution in [3.63, 3.8) is 0 Å². The normalized spacial score (nSPS) is 11.3. The second-order valence-corrected chi connectivity index (χ2v) is 8.02. The van der Waals surface area contributed by atoms with Crippen molar-refractivity contribution in [2.75, 3.05) is 6.61 Å². The van der Waals surface area contributed by atoms with Crippen LogP contribution in [0.5, 0.6) is 0 Å². The van der Waals surface area contributed by atoms with Crippen LogP contribution < -0.4 is 0 Å². The maximum Gasteiger partial charge on any atom is 0.305 e. The SMILES string of the molecule is CCC(=O)OCCc1ccc(-n2c(CC)nc3cc(C[SH](=O)=O)c(Cl)cc32)cc1. The van der Waals surface area contributed by atoms with Crippen LogP contribution in [0.3, 0.4) is 0 Å². The van der Waals surface area contributed by atoms with Gasteiger partial charge in [0.2, 0.25) is 0 Å². The van der Waals surface area contributed by atoms with E-state index in [-0.39, 0.29) is 11.7 Å². The third-order valence-electron chi connectivity index (χ3n) is 4.64. The van der Waals surface area contributed by atoms with Gasteiger partial charge in [-0.05, 0) is 35.4 Å². The largest absolute Gasteiger partial charge is 0.465 e. The molecule has 2 aromatic carbocycles. The first-order valence-corrected chi connectivity index (χ1v) is 11.2. The fourth-order valence-corrected chi connectivity index (χ4v) is 4.03. The number of benzene rings is 2. The number of aryl methyl sites for hydroxylation is 1. The van der Waals surface area contributed by atoms with E-state index in [9.17, 15) is 13.2 Å². The van der Waals surface area contributed by atoms with Crippen molar-refractivity contribution in [3.8, 4) is 5.69 Å². The highest BCUT2D eigenvalue weighted by molar-refractivity contribution is 7.71. The smallest absolute Gasteiger partial charge is 0.305 e. The first kappa shape index (κ1) is 21.3. The number of hydrogen-bond donors (Lipinski definition) is 1. The first-order valence-electron chi connectivity index (χ1n) is 9.49. The number of hydrogen-bond acceptors (Lipinski definition) is 5. The quantitative estimate of drug-likeness (QED) is 0.430. The molecular formula is C21H23ClN2O4S. The van der Waals surface area contributed by atoms with Crippen molar-refractivity contribution in [3.05, 3.63) is 58.4 Å². The summed E-state index contributed by atoms with van der Waals surface area (Å²) in [5.41, 5.74) is 4.12. The maximum atomic E-state index is 11.2. The molecule has 1 heterocycles. The Kier molecular flexibility index (Phi) is 6.92. The summed E-state index contributed by atoms with van der Waals surface area (Å²) in [7, 11) is -2.56. The molecule has 0 aliphatic rings. The Morgan fingerprint density at radius 1 is 1.17 bits per heavy atom. The third-order valence-corrected chi connectivity index (χ3v) is 5.60. The lowest BCUT2D eigenvalue weighted by atomic mass is 10.1. The molecule has 0 aliphatic carbocycles. The van der Waals surface area contributed by atoms with Crippen LogP contribution in [-0.2, 0) is 38.8 Å². The molecule has 0 saturated carbocycles. The number of thiol groups is 1. The van der Waals surface area contributed by atoms with Gasteiger partial charge in [0, 0.05) is 30.0 Å². The fraction of sp³-hybridized carbons (Fsp3) is 0.333. The Labute approximate surface area is 176 Å². The number of nitrogens with zero attached hydrogens (tertiary/aromatic N) is 2. The molecular weight excluding hydrogens is 412 g/mol. The van der Waals surface area contributed by atoms with Gasteiger partial charge in [-0.15, -0.1) is 0 Å².